The van der Waals surface area contributed by atoms with Gasteiger partial charge in [0.15, 0.2) is 0 Å². The highest BCUT2D eigenvalue weighted by atomic mass is 32.1. The van der Waals surface area contributed by atoms with Crippen LogP contribution in [-0.2, 0) is 33.7 Å². The summed E-state index contributed by atoms with van der Waals surface area (Å²) >= 11 is 1.47. The first-order valence-electron chi connectivity index (χ1n) is 11.6. The minimum absolute atomic E-state index is 0.00498. The Labute approximate surface area is 204 Å². The molecule has 0 radical (unpaired) electrons. The third kappa shape index (κ3) is 6.98. The lowest BCUT2D eigenvalue weighted by atomic mass is 10.1. The number of fused-ring (bicyclic) bond motifs is 1. The van der Waals surface area contributed by atoms with E-state index in [1.54, 1.807) is 4.68 Å². The van der Waals surface area contributed by atoms with E-state index in [9.17, 15) is 10.1 Å². The van der Waals surface area contributed by atoms with Crippen LogP contribution in [0.5, 0.6) is 0 Å². The first kappa shape index (κ1) is 25.6. The molecule has 10 heteroatoms. The number of carbonyl (C=O) groups excluding carboxylic acids is 1. The Morgan fingerprint density at radius 3 is 2.88 bits per heavy atom. The molecule has 0 N–H and O–H groups in total. The van der Waals surface area contributed by atoms with Crippen molar-refractivity contribution in [2.24, 2.45) is 0 Å². The second kappa shape index (κ2) is 12.4. The molecule has 0 unspecified atom stereocenters. The second-order valence-electron chi connectivity index (χ2n) is 8.23. The summed E-state index contributed by atoms with van der Waals surface area (Å²) in [6, 6.07) is 2.27. The van der Waals surface area contributed by atoms with Gasteiger partial charge in [-0.05, 0) is 40.2 Å². The minimum Gasteiger partial charge on any atom is -0.490 e. The van der Waals surface area contributed by atoms with Crippen molar-refractivity contribution in [2.45, 2.75) is 66.0 Å². The Hall–Kier alpha value is -3.03. The van der Waals surface area contributed by atoms with E-state index < -0.39 is 0 Å². The number of esters is 1. The number of rotatable bonds is 11. The third-order valence-electron chi connectivity index (χ3n) is 5.23. The van der Waals surface area contributed by atoms with Crippen LogP contribution in [0.1, 0.15) is 56.8 Å². The van der Waals surface area contributed by atoms with Crippen molar-refractivity contribution in [3.63, 3.8) is 0 Å². The van der Waals surface area contributed by atoms with Gasteiger partial charge in [-0.2, -0.15) is 10.4 Å². The minimum atomic E-state index is -0.159. The summed E-state index contributed by atoms with van der Waals surface area (Å²) in [6.07, 6.45) is 8.05. The molecule has 3 heterocycles. The SMILES string of the molecule is C/C=C\C(OC(C)C)=C(\C#N)CCc1nnc(-n2cc3c(n2)CCN(CCC(=O)OCC)C3)s1. The molecule has 0 amide bonds. The predicted octanol–water partition coefficient (Wildman–Crippen LogP) is 3.75. The van der Waals surface area contributed by atoms with E-state index in [4.69, 9.17) is 14.6 Å². The standard InChI is InChI=1S/C24H32N6O3S/c1-5-7-21(33-17(3)4)18(14-25)8-9-22-26-27-24(34-22)30-16-19-15-29(12-10-20(19)28-30)13-11-23(31)32-6-2/h5,7,16-17H,6,8-13,15H2,1-4H3/b7-5-,21-18-. The molecule has 0 saturated carbocycles. The van der Waals surface area contributed by atoms with E-state index in [2.05, 4.69) is 21.2 Å². The van der Waals surface area contributed by atoms with Crippen LogP contribution in [0.15, 0.2) is 29.7 Å². The zero-order valence-electron chi connectivity index (χ0n) is 20.3. The van der Waals surface area contributed by atoms with Gasteiger partial charge in [-0.15, -0.1) is 10.2 Å². The Bertz CT molecular complexity index is 1080. The number of hydrogen-bond acceptors (Lipinski definition) is 9. The van der Waals surface area contributed by atoms with Crippen LogP contribution in [0.4, 0.5) is 0 Å². The van der Waals surface area contributed by atoms with Crippen molar-refractivity contribution < 1.29 is 14.3 Å². The fraction of sp³-hybridized carbons (Fsp3) is 0.542. The van der Waals surface area contributed by atoms with Crippen molar-refractivity contribution in [3.8, 4) is 11.2 Å². The summed E-state index contributed by atoms with van der Waals surface area (Å²) in [7, 11) is 0. The van der Waals surface area contributed by atoms with Crippen LogP contribution in [0, 0.1) is 11.3 Å². The highest BCUT2D eigenvalue weighted by Gasteiger charge is 2.21. The molecule has 34 heavy (non-hydrogen) atoms. The second-order valence-corrected chi connectivity index (χ2v) is 9.27. The number of nitrogens with zero attached hydrogens (tertiary/aromatic N) is 6. The molecular weight excluding hydrogens is 452 g/mol. The van der Waals surface area contributed by atoms with Gasteiger partial charge in [0.05, 0.1) is 36.5 Å². The number of aryl methyl sites for hydroxylation is 1. The van der Waals surface area contributed by atoms with Crippen LogP contribution >= 0.6 is 11.3 Å². The number of nitriles is 1. The zero-order chi connectivity index (χ0) is 24.5. The van der Waals surface area contributed by atoms with Crippen LogP contribution in [0.2, 0.25) is 0 Å². The average Bonchev–Trinajstić information content (AvgIpc) is 3.44. The van der Waals surface area contributed by atoms with E-state index in [0.29, 0.717) is 48.9 Å². The first-order chi connectivity index (χ1) is 16.4. The monoisotopic (exact) mass is 484 g/mol. The fourth-order valence-electron chi connectivity index (χ4n) is 3.66. The van der Waals surface area contributed by atoms with Gasteiger partial charge in [0.1, 0.15) is 10.8 Å². The Kier molecular flexibility index (Phi) is 9.36. The number of hydrogen-bond donors (Lipinski definition) is 0. The van der Waals surface area contributed by atoms with Gasteiger partial charge in [-0.1, -0.05) is 17.4 Å². The molecule has 0 aromatic carbocycles. The Morgan fingerprint density at radius 1 is 1.35 bits per heavy atom. The lowest BCUT2D eigenvalue weighted by Crippen LogP contribution is -2.32. The summed E-state index contributed by atoms with van der Waals surface area (Å²) in [6.45, 7) is 10.3. The van der Waals surface area contributed by atoms with E-state index in [1.165, 1.54) is 11.3 Å². The molecule has 1 aliphatic heterocycles. The lowest BCUT2D eigenvalue weighted by Gasteiger charge is -2.25. The van der Waals surface area contributed by atoms with Crippen molar-refractivity contribution in [1.29, 1.82) is 5.26 Å². The normalized spacial score (nSPS) is 14.7. The van der Waals surface area contributed by atoms with E-state index in [-0.39, 0.29) is 12.1 Å². The molecule has 1 aliphatic rings. The van der Waals surface area contributed by atoms with Gasteiger partial charge >= 0.3 is 5.97 Å². The topological polar surface area (TPSA) is 106 Å². The molecule has 182 valence electrons. The Morgan fingerprint density at radius 2 is 2.18 bits per heavy atom. The number of carbonyl (C=O) groups is 1. The first-order valence-corrected chi connectivity index (χ1v) is 12.5. The van der Waals surface area contributed by atoms with Crippen LogP contribution in [-0.4, -0.2) is 56.6 Å². The maximum absolute atomic E-state index is 11.6. The van der Waals surface area contributed by atoms with Crippen molar-refractivity contribution in [2.75, 3.05) is 19.7 Å². The molecule has 0 saturated heterocycles. The Balaban J connectivity index is 1.63. The lowest BCUT2D eigenvalue weighted by molar-refractivity contribution is -0.143. The van der Waals surface area contributed by atoms with Gasteiger partial charge in [0.2, 0.25) is 5.13 Å². The van der Waals surface area contributed by atoms with Crippen LogP contribution in [0.3, 0.4) is 0 Å². The molecule has 9 nitrogen and oxygen atoms in total. The molecule has 0 atom stereocenters. The molecule has 0 aliphatic carbocycles. The van der Waals surface area contributed by atoms with Gasteiger partial charge < -0.3 is 9.47 Å². The van der Waals surface area contributed by atoms with E-state index in [0.717, 1.165) is 35.8 Å². The average molecular weight is 485 g/mol. The maximum atomic E-state index is 11.6. The van der Waals surface area contributed by atoms with Gasteiger partial charge in [-0.25, -0.2) is 4.68 Å². The molecule has 2 aromatic rings. The highest BCUT2D eigenvalue weighted by molar-refractivity contribution is 7.13. The summed E-state index contributed by atoms with van der Waals surface area (Å²) in [5.41, 5.74) is 2.80. The van der Waals surface area contributed by atoms with Gasteiger partial charge in [0, 0.05) is 44.2 Å². The molecule has 0 spiro atoms. The smallest absolute Gasteiger partial charge is 0.307 e. The van der Waals surface area contributed by atoms with Crippen LogP contribution in [0.25, 0.3) is 5.13 Å². The maximum Gasteiger partial charge on any atom is 0.307 e. The van der Waals surface area contributed by atoms with Gasteiger partial charge in [-0.3, -0.25) is 9.69 Å². The number of allylic oxidation sites excluding steroid dienone is 3. The number of ether oxygens (including phenoxy) is 2. The van der Waals surface area contributed by atoms with Crippen LogP contribution < -0.4 is 0 Å². The molecular formula is C24H32N6O3S. The number of aromatic nitrogens is 4. The predicted molar refractivity (Wildman–Crippen MR) is 129 cm³/mol. The quantitative estimate of drug-likeness (QED) is 0.205. The summed E-state index contributed by atoms with van der Waals surface area (Å²) in [5.74, 6) is 0.449. The van der Waals surface area contributed by atoms with Gasteiger partial charge in [0.25, 0.3) is 0 Å². The largest absolute Gasteiger partial charge is 0.490 e. The third-order valence-corrected chi connectivity index (χ3v) is 6.20. The zero-order valence-corrected chi connectivity index (χ0v) is 21.1. The molecule has 2 aromatic heterocycles. The summed E-state index contributed by atoms with van der Waals surface area (Å²) in [5, 5.41) is 24.5. The fourth-order valence-corrected chi connectivity index (χ4v) is 4.43. The molecule has 3 rings (SSSR count). The molecule has 0 fully saturated rings. The van der Waals surface area contributed by atoms with Crippen molar-refractivity contribution in [1.82, 2.24) is 24.9 Å². The highest BCUT2D eigenvalue weighted by Crippen LogP contribution is 2.23. The van der Waals surface area contributed by atoms with Crippen molar-refractivity contribution >= 4 is 17.3 Å². The summed E-state index contributed by atoms with van der Waals surface area (Å²) < 4.78 is 12.6. The van der Waals surface area contributed by atoms with E-state index in [1.807, 2.05) is 46.0 Å². The van der Waals surface area contributed by atoms with Crippen molar-refractivity contribution in [3.05, 3.63) is 45.9 Å². The summed E-state index contributed by atoms with van der Waals surface area (Å²) in [4.78, 5) is 13.9. The van der Waals surface area contributed by atoms with E-state index >= 15 is 0 Å². The molecule has 0 bridgehead atoms.